The number of aryl methyl sites for hydroxylation is 2. The number of aliphatic hydroxyl groups is 1. The number of methoxy groups -OCH3 is 1. The van der Waals surface area contributed by atoms with Crippen LogP contribution in [0.1, 0.15) is 31.0 Å². The monoisotopic (exact) mass is 298 g/mol. The topological polar surface area (TPSA) is 62.6 Å². The van der Waals surface area contributed by atoms with Crippen molar-refractivity contribution in [3.8, 4) is 0 Å². The van der Waals surface area contributed by atoms with E-state index >= 15 is 0 Å². The second-order valence-corrected chi connectivity index (χ2v) is 5.24. The van der Waals surface area contributed by atoms with Gasteiger partial charge in [-0.2, -0.15) is 5.10 Å². The Balaban J connectivity index is 2.85. The van der Waals surface area contributed by atoms with Crippen molar-refractivity contribution in [1.82, 2.24) is 15.1 Å². The minimum Gasteiger partial charge on any atom is -0.395 e. The smallest absolute Gasteiger partial charge is 0.131 e. The molecule has 0 aromatic carbocycles. The third kappa shape index (κ3) is 5.30. The normalized spacial score (nSPS) is 11.1. The van der Waals surface area contributed by atoms with Crippen molar-refractivity contribution in [2.75, 3.05) is 44.9 Å². The molecule has 6 heteroatoms. The summed E-state index contributed by atoms with van der Waals surface area (Å²) in [6.07, 6.45) is 2.25. The summed E-state index contributed by atoms with van der Waals surface area (Å²) in [7, 11) is 3.67. The van der Waals surface area contributed by atoms with Gasteiger partial charge in [-0.1, -0.05) is 13.3 Å². The van der Waals surface area contributed by atoms with E-state index in [1.165, 1.54) is 5.56 Å². The Morgan fingerprint density at radius 2 is 2.14 bits per heavy atom. The third-order valence-corrected chi connectivity index (χ3v) is 3.55. The summed E-state index contributed by atoms with van der Waals surface area (Å²) in [5, 5.41) is 17.3. The molecule has 0 bridgehead atoms. The van der Waals surface area contributed by atoms with Crippen LogP contribution in [0, 0.1) is 6.92 Å². The molecule has 6 nitrogen and oxygen atoms in total. The summed E-state index contributed by atoms with van der Waals surface area (Å²) in [5.41, 5.74) is 2.25. The van der Waals surface area contributed by atoms with Gasteiger partial charge in [0.15, 0.2) is 0 Å². The van der Waals surface area contributed by atoms with Gasteiger partial charge >= 0.3 is 0 Å². The van der Waals surface area contributed by atoms with Crippen LogP contribution in [0.2, 0.25) is 0 Å². The van der Waals surface area contributed by atoms with Gasteiger partial charge in [-0.3, -0.25) is 4.68 Å². The Labute approximate surface area is 128 Å². The molecule has 0 aliphatic carbocycles. The number of anilines is 1. The third-order valence-electron chi connectivity index (χ3n) is 3.55. The molecule has 122 valence electrons. The van der Waals surface area contributed by atoms with Crippen LogP contribution in [0.15, 0.2) is 0 Å². The molecule has 0 unspecified atom stereocenters. The molecule has 0 saturated carbocycles. The highest BCUT2D eigenvalue weighted by atomic mass is 16.5. The molecule has 21 heavy (non-hydrogen) atoms. The van der Waals surface area contributed by atoms with Gasteiger partial charge in [0.1, 0.15) is 5.82 Å². The second kappa shape index (κ2) is 9.76. The quantitative estimate of drug-likeness (QED) is 0.598. The van der Waals surface area contributed by atoms with Crippen molar-refractivity contribution in [2.24, 2.45) is 7.05 Å². The Morgan fingerprint density at radius 1 is 1.38 bits per heavy atom. The summed E-state index contributed by atoms with van der Waals surface area (Å²) in [6.45, 7) is 8.25. The summed E-state index contributed by atoms with van der Waals surface area (Å²) < 4.78 is 6.98. The highest BCUT2D eigenvalue weighted by Crippen LogP contribution is 2.23. The van der Waals surface area contributed by atoms with Crippen molar-refractivity contribution in [1.29, 1.82) is 0 Å². The van der Waals surface area contributed by atoms with Crippen LogP contribution in [0.4, 0.5) is 5.82 Å². The van der Waals surface area contributed by atoms with Gasteiger partial charge < -0.3 is 20.1 Å². The summed E-state index contributed by atoms with van der Waals surface area (Å²) in [5.74, 6) is 1.11. The van der Waals surface area contributed by atoms with Crippen LogP contribution >= 0.6 is 0 Å². The largest absolute Gasteiger partial charge is 0.395 e. The van der Waals surface area contributed by atoms with Crippen LogP contribution in [-0.4, -0.2) is 54.8 Å². The number of nitrogens with zero attached hydrogens (tertiary/aromatic N) is 3. The molecule has 0 spiro atoms. The highest BCUT2D eigenvalue weighted by Gasteiger charge is 2.18. The number of hydrogen-bond donors (Lipinski definition) is 2. The molecule has 1 aromatic rings. The zero-order chi connectivity index (χ0) is 15.7. The van der Waals surface area contributed by atoms with E-state index in [0.29, 0.717) is 13.2 Å². The van der Waals surface area contributed by atoms with E-state index in [2.05, 4.69) is 22.2 Å². The molecule has 0 aliphatic rings. The first-order valence-electron chi connectivity index (χ1n) is 7.73. The lowest BCUT2D eigenvalue weighted by Gasteiger charge is -2.25. The van der Waals surface area contributed by atoms with Gasteiger partial charge in [0.25, 0.3) is 0 Å². The molecule has 0 atom stereocenters. The van der Waals surface area contributed by atoms with Crippen molar-refractivity contribution >= 4 is 5.82 Å². The van der Waals surface area contributed by atoms with Crippen LogP contribution < -0.4 is 10.2 Å². The maximum absolute atomic E-state index is 9.33. The maximum atomic E-state index is 9.33. The minimum absolute atomic E-state index is 0.157. The Kier molecular flexibility index (Phi) is 8.34. The summed E-state index contributed by atoms with van der Waals surface area (Å²) in [6, 6.07) is 0. The van der Waals surface area contributed by atoms with Crippen molar-refractivity contribution in [2.45, 2.75) is 33.2 Å². The molecule has 0 aliphatic heterocycles. The van der Waals surface area contributed by atoms with E-state index in [0.717, 1.165) is 44.0 Å². The Hall–Kier alpha value is -1.11. The van der Waals surface area contributed by atoms with Crippen LogP contribution in [-0.2, 0) is 18.3 Å². The lowest BCUT2D eigenvalue weighted by atomic mass is 10.2. The molecular weight excluding hydrogens is 268 g/mol. The number of nitrogens with one attached hydrogen (secondary N) is 1. The molecule has 2 N–H and O–H groups in total. The van der Waals surface area contributed by atoms with Gasteiger partial charge in [-0.25, -0.2) is 0 Å². The summed E-state index contributed by atoms with van der Waals surface area (Å²) >= 11 is 0. The molecule has 0 fully saturated rings. The van der Waals surface area contributed by atoms with E-state index in [9.17, 15) is 5.11 Å². The van der Waals surface area contributed by atoms with Gasteiger partial charge in [0.05, 0.1) is 18.9 Å². The van der Waals surface area contributed by atoms with Crippen molar-refractivity contribution in [3.63, 3.8) is 0 Å². The Morgan fingerprint density at radius 3 is 2.76 bits per heavy atom. The number of rotatable bonds is 11. The Bertz CT molecular complexity index is 407. The predicted octanol–water partition coefficient (Wildman–Crippen LogP) is 1.06. The first kappa shape index (κ1) is 17.9. The molecule has 1 aromatic heterocycles. The molecule has 1 heterocycles. The zero-order valence-electron chi connectivity index (χ0n) is 13.9. The zero-order valence-corrected chi connectivity index (χ0v) is 13.9. The fourth-order valence-electron chi connectivity index (χ4n) is 2.47. The second-order valence-electron chi connectivity index (χ2n) is 5.24. The number of unbranched alkanes of at least 4 members (excludes halogenated alkanes) is 1. The van der Waals surface area contributed by atoms with E-state index in [1.807, 2.05) is 18.7 Å². The average Bonchev–Trinajstić information content (AvgIpc) is 2.74. The van der Waals surface area contributed by atoms with E-state index < -0.39 is 0 Å². The van der Waals surface area contributed by atoms with Crippen LogP contribution in [0.5, 0.6) is 0 Å². The molecule has 1 rings (SSSR count). The lowest BCUT2D eigenvalue weighted by Crippen LogP contribution is -2.31. The van der Waals surface area contributed by atoms with Gasteiger partial charge in [0, 0.05) is 45.9 Å². The van der Waals surface area contributed by atoms with Gasteiger partial charge in [-0.05, 0) is 13.3 Å². The number of hydrogen-bond acceptors (Lipinski definition) is 5. The number of ether oxygens (including phenoxy) is 1. The van der Waals surface area contributed by atoms with Crippen LogP contribution in [0.25, 0.3) is 0 Å². The minimum atomic E-state index is 0.157. The standard InChI is InChI=1S/C15H30N4O2/c1-5-6-8-19(9-10-20)15-14(12-16-7-11-21-4)13(2)17-18(15)3/h16,20H,5-12H2,1-4H3. The summed E-state index contributed by atoms with van der Waals surface area (Å²) in [4.78, 5) is 2.23. The van der Waals surface area contributed by atoms with Gasteiger partial charge in [-0.15, -0.1) is 0 Å². The lowest BCUT2D eigenvalue weighted by molar-refractivity contribution is 0.199. The van der Waals surface area contributed by atoms with E-state index in [-0.39, 0.29) is 6.61 Å². The fourth-order valence-corrected chi connectivity index (χ4v) is 2.47. The SMILES string of the molecule is CCCCN(CCO)c1c(CNCCOC)c(C)nn1C. The van der Waals surface area contributed by atoms with Crippen LogP contribution in [0.3, 0.4) is 0 Å². The molecular formula is C15H30N4O2. The van der Waals surface area contributed by atoms with Crippen molar-refractivity contribution in [3.05, 3.63) is 11.3 Å². The van der Waals surface area contributed by atoms with E-state index in [4.69, 9.17) is 4.74 Å². The maximum Gasteiger partial charge on any atom is 0.131 e. The number of aromatic nitrogens is 2. The fraction of sp³-hybridized carbons (Fsp3) is 0.800. The first-order valence-corrected chi connectivity index (χ1v) is 7.73. The first-order chi connectivity index (χ1) is 10.2. The predicted molar refractivity (Wildman–Crippen MR) is 85.7 cm³/mol. The van der Waals surface area contributed by atoms with E-state index in [1.54, 1.807) is 7.11 Å². The molecule has 0 radical (unpaired) electrons. The molecule has 0 amide bonds. The average molecular weight is 298 g/mol. The highest BCUT2D eigenvalue weighted by molar-refractivity contribution is 5.50. The molecule has 0 saturated heterocycles. The number of aliphatic hydroxyl groups excluding tert-OH is 1. The van der Waals surface area contributed by atoms with Gasteiger partial charge in [0.2, 0.25) is 0 Å². The van der Waals surface area contributed by atoms with Crippen molar-refractivity contribution < 1.29 is 9.84 Å².